The highest BCUT2D eigenvalue weighted by Crippen LogP contribution is 2.67. The van der Waals surface area contributed by atoms with Crippen molar-refractivity contribution >= 4 is 11.9 Å². The molecule has 0 amide bonds. The van der Waals surface area contributed by atoms with Crippen molar-refractivity contribution in [3.05, 3.63) is 11.6 Å². The fraction of sp³-hybridized carbons (Fsp3) is 0.875. The lowest BCUT2D eigenvalue weighted by Crippen LogP contribution is -2.51. The second-order valence-corrected chi connectivity index (χ2v) is 13.8. The fourth-order valence-corrected chi connectivity index (χ4v) is 9.34. The van der Waals surface area contributed by atoms with E-state index in [1.54, 1.807) is 5.57 Å². The monoisotopic (exact) mass is 516 g/mol. The predicted octanol–water partition coefficient (Wildman–Crippen LogP) is 7.43. The van der Waals surface area contributed by atoms with Crippen molar-refractivity contribution in [1.82, 2.24) is 0 Å². The van der Waals surface area contributed by atoms with E-state index in [9.17, 15) is 9.59 Å². The molecule has 5 heteroatoms. The number of carboxylic acid groups (broad SMARTS) is 1. The molecule has 0 spiro atoms. The summed E-state index contributed by atoms with van der Waals surface area (Å²) < 4.78 is 11.1. The summed E-state index contributed by atoms with van der Waals surface area (Å²) in [6, 6.07) is 0. The number of carboxylic acids is 1. The Balaban J connectivity index is 1.33. The summed E-state index contributed by atoms with van der Waals surface area (Å²) in [7, 11) is 0. The normalized spacial score (nSPS) is 37.8. The zero-order valence-electron chi connectivity index (χ0n) is 24.1. The third-order valence-electron chi connectivity index (χ3n) is 11.3. The van der Waals surface area contributed by atoms with Gasteiger partial charge in [-0.15, -0.1) is 0 Å². The van der Waals surface area contributed by atoms with Crippen LogP contribution in [-0.4, -0.2) is 36.4 Å². The molecule has 3 fully saturated rings. The maximum absolute atomic E-state index is 11.4. The van der Waals surface area contributed by atoms with E-state index >= 15 is 0 Å². The molecule has 37 heavy (non-hydrogen) atoms. The van der Waals surface area contributed by atoms with E-state index in [4.69, 9.17) is 14.6 Å². The van der Waals surface area contributed by atoms with Gasteiger partial charge in [0.2, 0.25) is 0 Å². The van der Waals surface area contributed by atoms with Crippen molar-refractivity contribution < 1.29 is 24.2 Å². The first kappa shape index (κ1) is 28.6. The van der Waals surface area contributed by atoms with Gasteiger partial charge in [0.25, 0.3) is 0 Å². The van der Waals surface area contributed by atoms with E-state index in [-0.39, 0.29) is 12.7 Å². The number of carbonyl (C=O) groups is 2. The molecule has 0 heterocycles. The third-order valence-corrected chi connectivity index (χ3v) is 11.3. The second kappa shape index (κ2) is 11.8. The molecular weight excluding hydrogens is 464 g/mol. The highest BCUT2D eigenvalue weighted by molar-refractivity contribution is 5.90. The summed E-state index contributed by atoms with van der Waals surface area (Å²) in [6.07, 6.45) is 16.5. The Morgan fingerprint density at radius 1 is 1.03 bits per heavy atom. The molecule has 8 unspecified atom stereocenters. The van der Waals surface area contributed by atoms with Crippen molar-refractivity contribution in [2.24, 2.45) is 46.3 Å². The van der Waals surface area contributed by atoms with Crippen LogP contribution in [0.25, 0.3) is 0 Å². The molecule has 0 saturated heterocycles. The average molecular weight is 517 g/mol. The summed E-state index contributed by atoms with van der Waals surface area (Å²) in [5, 5.41) is 8.67. The zero-order valence-corrected chi connectivity index (χ0v) is 24.1. The lowest BCUT2D eigenvalue weighted by Gasteiger charge is -2.58. The minimum Gasteiger partial charge on any atom is -0.481 e. The molecule has 0 aromatic carbocycles. The Morgan fingerprint density at radius 2 is 1.81 bits per heavy atom. The number of allylic oxidation sites excluding steroid dienone is 1. The Hall–Kier alpha value is -1.36. The molecule has 4 rings (SSSR count). The molecule has 4 aliphatic rings. The molecule has 5 nitrogen and oxygen atoms in total. The van der Waals surface area contributed by atoms with Crippen molar-refractivity contribution in [1.29, 1.82) is 0 Å². The van der Waals surface area contributed by atoms with Crippen LogP contribution in [0.2, 0.25) is 0 Å². The van der Waals surface area contributed by atoms with E-state index < -0.39 is 18.4 Å². The summed E-state index contributed by atoms with van der Waals surface area (Å²) >= 11 is 0. The van der Waals surface area contributed by atoms with Crippen molar-refractivity contribution in [3.8, 4) is 0 Å². The van der Waals surface area contributed by atoms with E-state index in [2.05, 4.69) is 40.7 Å². The topological polar surface area (TPSA) is 72.8 Å². The van der Waals surface area contributed by atoms with Gasteiger partial charge in [-0.3, -0.25) is 9.59 Å². The number of fused-ring (bicyclic) bond motifs is 5. The van der Waals surface area contributed by atoms with Crippen molar-refractivity contribution in [2.45, 2.75) is 118 Å². The molecule has 0 radical (unpaired) electrons. The van der Waals surface area contributed by atoms with Gasteiger partial charge in [0, 0.05) is 0 Å². The van der Waals surface area contributed by atoms with Gasteiger partial charge in [-0.2, -0.15) is 0 Å². The maximum atomic E-state index is 11.4. The molecular formula is C32H52O5. The van der Waals surface area contributed by atoms with E-state index in [1.807, 2.05) is 0 Å². The fourth-order valence-electron chi connectivity index (χ4n) is 9.34. The molecule has 1 N–H and O–H groups in total. The molecule has 210 valence electrons. The number of esters is 1. The summed E-state index contributed by atoms with van der Waals surface area (Å²) in [6.45, 7) is 12.9. The van der Waals surface area contributed by atoms with Gasteiger partial charge in [-0.05, 0) is 97.7 Å². The van der Waals surface area contributed by atoms with Gasteiger partial charge < -0.3 is 14.6 Å². The van der Waals surface area contributed by atoms with E-state index in [1.165, 1.54) is 57.8 Å². The summed E-state index contributed by atoms with van der Waals surface area (Å²) in [5.74, 6) is 3.24. The second-order valence-electron chi connectivity index (χ2n) is 13.8. The highest BCUT2D eigenvalue weighted by Gasteiger charge is 2.59. The van der Waals surface area contributed by atoms with Crippen molar-refractivity contribution in [2.75, 3.05) is 13.2 Å². The van der Waals surface area contributed by atoms with Gasteiger partial charge in [0.1, 0.15) is 13.0 Å². The van der Waals surface area contributed by atoms with Crippen LogP contribution in [0.5, 0.6) is 0 Å². The third kappa shape index (κ3) is 6.12. The molecule has 3 saturated carbocycles. The van der Waals surface area contributed by atoms with E-state index in [0.717, 1.165) is 48.3 Å². The summed E-state index contributed by atoms with van der Waals surface area (Å²) in [4.78, 5) is 22.0. The SMILES string of the molecule is CC(C)CCCC(C)C1CCC2C3CC=C4CC(OCCOC(=O)CC(=O)O)CCC4(C)C3CCC12C. The van der Waals surface area contributed by atoms with Gasteiger partial charge in [0.15, 0.2) is 0 Å². The molecule has 0 aliphatic heterocycles. The average Bonchev–Trinajstić information content (AvgIpc) is 3.18. The molecule has 0 bridgehead atoms. The van der Waals surface area contributed by atoms with Crippen LogP contribution in [0.4, 0.5) is 0 Å². The number of aliphatic carboxylic acids is 1. The number of carbonyl (C=O) groups excluding carboxylic acids is 1. The van der Waals surface area contributed by atoms with Gasteiger partial charge in [-0.25, -0.2) is 0 Å². The first-order valence-corrected chi connectivity index (χ1v) is 15.2. The number of rotatable bonds is 11. The number of hydrogen-bond acceptors (Lipinski definition) is 4. The lowest BCUT2D eigenvalue weighted by molar-refractivity contribution is -0.153. The van der Waals surface area contributed by atoms with Crippen LogP contribution in [0.3, 0.4) is 0 Å². The van der Waals surface area contributed by atoms with Gasteiger partial charge in [0.05, 0.1) is 12.7 Å². The first-order chi connectivity index (χ1) is 17.5. The number of hydrogen-bond donors (Lipinski definition) is 1. The zero-order chi connectivity index (χ0) is 26.8. The largest absolute Gasteiger partial charge is 0.481 e. The van der Waals surface area contributed by atoms with Crippen LogP contribution < -0.4 is 0 Å². The molecule has 8 atom stereocenters. The molecule has 0 aromatic rings. The van der Waals surface area contributed by atoms with Crippen LogP contribution >= 0.6 is 0 Å². The van der Waals surface area contributed by atoms with Crippen LogP contribution in [0, 0.1) is 46.3 Å². The lowest BCUT2D eigenvalue weighted by atomic mass is 9.47. The minimum atomic E-state index is -1.16. The Labute approximate surface area is 225 Å². The minimum absolute atomic E-state index is 0.126. The quantitative estimate of drug-likeness (QED) is 0.134. The Bertz CT molecular complexity index is 848. The maximum Gasteiger partial charge on any atom is 0.317 e. The highest BCUT2D eigenvalue weighted by atomic mass is 16.6. The molecule has 0 aromatic heterocycles. The number of ether oxygens (including phenoxy) is 2. The van der Waals surface area contributed by atoms with Crippen LogP contribution in [0.15, 0.2) is 11.6 Å². The summed E-state index contributed by atoms with van der Waals surface area (Å²) in [5.41, 5.74) is 2.44. The Morgan fingerprint density at radius 3 is 2.54 bits per heavy atom. The van der Waals surface area contributed by atoms with Crippen LogP contribution in [0.1, 0.15) is 112 Å². The predicted molar refractivity (Wildman–Crippen MR) is 146 cm³/mol. The van der Waals surface area contributed by atoms with Crippen LogP contribution in [-0.2, 0) is 19.1 Å². The standard InChI is InChI=1S/C32H52O5/c1-21(2)7-6-8-22(3)26-11-12-27-25-10-9-23-19-24(36-17-18-37-30(35)20-29(33)34)13-15-31(23,4)28(25)14-16-32(26,27)5/h9,21-22,24-28H,6-8,10-20H2,1-5H3,(H,33,34). The van der Waals surface area contributed by atoms with Crippen molar-refractivity contribution in [3.63, 3.8) is 0 Å². The first-order valence-electron chi connectivity index (χ1n) is 15.2. The van der Waals surface area contributed by atoms with Gasteiger partial charge in [-0.1, -0.05) is 65.5 Å². The molecule has 4 aliphatic carbocycles. The smallest absolute Gasteiger partial charge is 0.317 e. The van der Waals surface area contributed by atoms with E-state index in [0.29, 0.717) is 17.4 Å². The Kier molecular flexibility index (Phi) is 9.13. The van der Waals surface area contributed by atoms with Gasteiger partial charge >= 0.3 is 11.9 Å².